The van der Waals surface area contributed by atoms with Gasteiger partial charge in [-0.1, -0.05) is 29.8 Å². The molecule has 2 rings (SSSR count). The lowest BCUT2D eigenvalue weighted by Crippen LogP contribution is -2.49. The Morgan fingerprint density at radius 2 is 2.00 bits per heavy atom. The van der Waals surface area contributed by atoms with E-state index in [0.29, 0.717) is 19.1 Å². The minimum atomic E-state index is -0.193. The van der Waals surface area contributed by atoms with E-state index in [0.717, 1.165) is 12.8 Å². The van der Waals surface area contributed by atoms with Gasteiger partial charge in [0.1, 0.15) is 0 Å². The fraction of sp³-hybridized carbons (Fsp3) is 0.562. The Bertz CT molecular complexity index is 457. The third-order valence-corrected chi connectivity index (χ3v) is 4.42. The standard InChI is InChI=1S/C16H25N3O/c1-11-3-6-13(7-4-11)15(9-17)19-10-14(16(18)20)8-5-12(19)2/h3-4,6-7,12,14-15H,5,8-10,17H2,1-2H3,(H2,18,20). The van der Waals surface area contributed by atoms with Crippen LogP contribution in [0.5, 0.6) is 0 Å². The van der Waals surface area contributed by atoms with E-state index in [1.165, 1.54) is 11.1 Å². The predicted molar refractivity (Wildman–Crippen MR) is 81.1 cm³/mol. The number of amides is 1. The molecule has 1 aliphatic rings. The highest BCUT2D eigenvalue weighted by Crippen LogP contribution is 2.30. The molecule has 4 heteroatoms. The quantitative estimate of drug-likeness (QED) is 0.876. The fourth-order valence-electron chi connectivity index (χ4n) is 3.05. The largest absolute Gasteiger partial charge is 0.369 e. The topological polar surface area (TPSA) is 72.3 Å². The molecule has 0 bridgehead atoms. The Morgan fingerprint density at radius 3 is 2.55 bits per heavy atom. The van der Waals surface area contributed by atoms with Crippen LogP contribution >= 0.6 is 0 Å². The third kappa shape index (κ3) is 3.19. The average Bonchev–Trinajstić information content (AvgIpc) is 2.43. The molecule has 1 amide bonds. The van der Waals surface area contributed by atoms with Crippen molar-refractivity contribution >= 4 is 5.91 Å². The summed E-state index contributed by atoms with van der Waals surface area (Å²) in [5.41, 5.74) is 13.9. The summed E-state index contributed by atoms with van der Waals surface area (Å²) in [6, 6.07) is 9.07. The zero-order valence-corrected chi connectivity index (χ0v) is 12.4. The lowest BCUT2D eigenvalue weighted by molar-refractivity contribution is -0.124. The van der Waals surface area contributed by atoms with Gasteiger partial charge < -0.3 is 11.5 Å². The molecule has 0 saturated carbocycles. The van der Waals surface area contributed by atoms with Crippen LogP contribution in [-0.4, -0.2) is 29.9 Å². The van der Waals surface area contributed by atoms with Crippen molar-refractivity contribution in [1.29, 1.82) is 0 Å². The van der Waals surface area contributed by atoms with E-state index >= 15 is 0 Å². The highest BCUT2D eigenvalue weighted by Gasteiger charge is 2.33. The smallest absolute Gasteiger partial charge is 0.221 e. The molecule has 3 atom stereocenters. The van der Waals surface area contributed by atoms with Gasteiger partial charge in [-0.05, 0) is 32.3 Å². The van der Waals surface area contributed by atoms with Crippen LogP contribution in [0, 0.1) is 12.8 Å². The molecular formula is C16H25N3O. The molecule has 1 saturated heterocycles. The van der Waals surface area contributed by atoms with Gasteiger partial charge in [0, 0.05) is 25.2 Å². The van der Waals surface area contributed by atoms with Crippen molar-refractivity contribution < 1.29 is 4.79 Å². The minimum absolute atomic E-state index is 0.0503. The number of nitrogens with zero attached hydrogens (tertiary/aromatic N) is 1. The molecule has 0 radical (unpaired) electrons. The van der Waals surface area contributed by atoms with Crippen molar-refractivity contribution in [3.8, 4) is 0 Å². The van der Waals surface area contributed by atoms with Crippen molar-refractivity contribution in [1.82, 2.24) is 4.90 Å². The number of primary amides is 1. The van der Waals surface area contributed by atoms with Gasteiger partial charge in [0.15, 0.2) is 0 Å². The maximum absolute atomic E-state index is 11.5. The van der Waals surface area contributed by atoms with E-state index in [1.54, 1.807) is 0 Å². The molecule has 1 heterocycles. The van der Waals surface area contributed by atoms with Crippen molar-refractivity contribution in [2.75, 3.05) is 13.1 Å². The van der Waals surface area contributed by atoms with E-state index in [4.69, 9.17) is 11.5 Å². The number of carbonyl (C=O) groups excluding carboxylic acids is 1. The lowest BCUT2D eigenvalue weighted by Gasteiger charge is -2.42. The number of benzene rings is 1. The molecular weight excluding hydrogens is 250 g/mol. The van der Waals surface area contributed by atoms with Crippen LogP contribution in [0.2, 0.25) is 0 Å². The molecule has 1 aliphatic heterocycles. The van der Waals surface area contributed by atoms with Gasteiger partial charge in [-0.15, -0.1) is 0 Å². The monoisotopic (exact) mass is 275 g/mol. The number of nitrogens with two attached hydrogens (primary N) is 2. The molecule has 1 aromatic carbocycles. The molecule has 0 spiro atoms. The van der Waals surface area contributed by atoms with Crippen molar-refractivity contribution in [3.05, 3.63) is 35.4 Å². The van der Waals surface area contributed by atoms with E-state index in [1.807, 2.05) is 0 Å². The molecule has 4 nitrogen and oxygen atoms in total. The molecule has 3 unspecified atom stereocenters. The van der Waals surface area contributed by atoms with Gasteiger partial charge in [0.25, 0.3) is 0 Å². The first kappa shape index (κ1) is 15.0. The molecule has 1 fully saturated rings. The van der Waals surface area contributed by atoms with Crippen LogP contribution < -0.4 is 11.5 Å². The summed E-state index contributed by atoms with van der Waals surface area (Å²) in [5.74, 6) is -0.243. The molecule has 0 aromatic heterocycles. The average molecular weight is 275 g/mol. The SMILES string of the molecule is Cc1ccc(C(CN)N2CC(C(N)=O)CCC2C)cc1. The van der Waals surface area contributed by atoms with Crippen LogP contribution in [0.1, 0.15) is 36.9 Å². The number of likely N-dealkylation sites (tertiary alicyclic amines) is 1. The van der Waals surface area contributed by atoms with E-state index in [2.05, 4.69) is 43.0 Å². The first-order valence-electron chi connectivity index (χ1n) is 7.34. The Kier molecular flexibility index (Phi) is 4.78. The Balaban J connectivity index is 2.20. The van der Waals surface area contributed by atoms with Gasteiger partial charge in [0.2, 0.25) is 5.91 Å². The van der Waals surface area contributed by atoms with Crippen LogP contribution in [0.25, 0.3) is 0 Å². The highest BCUT2D eigenvalue weighted by molar-refractivity contribution is 5.77. The number of carbonyl (C=O) groups is 1. The van der Waals surface area contributed by atoms with Crippen LogP contribution in [-0.2, 0) is 4.79 Å². The summed E-state index contributed by atoms with van der Waals surface area (Å²) in [6.45, 7) is 5.55. The Hall–Kier alpha value is -1.39. The summed E-state index contributed by atoms with van der Waals surface area (Å²) < 4.78 is 0. The molecule has 20 heavy (non-hydrogen) atoms. The fourth-order valence-corrected chi connectivity index (χ4v) is 3.05. The van der Waals surface area contributed by atoms with E-state index in [9.17, 15) is 4.79 Å². The second-order valence-corrected chi connectivity index (χ2v) is 5.88. The maximum Gasteiger partial charge on any atom is 0.221 e. The van der Waals surface area contributed by atoms with Crippen molar-refractivity contribution in [2.24, 2.45) is 17.4 Å². The highest BCUT2D eigenvalue weighted by atomic mass is 16.1. The number of aryl methyl sites for hydroxylation is 1. The van der Waals surface area contributed by atoms with E-state index < -0.39 is 0 Å². The third-order valence-electron chi connectivity index (χ3n) is 4.42. The second kappa shape index (κ2) is 6.37. The molecule has 110 valence electrons. The summed E-state index contributed by atoms with van der Waals surface area (Å²) in [6.07, 6.45) is 1.88. The number of rotatable bonds is 4. The summed E-state index contributed by atoms with van der Waals surface area (Å²) in [4.78, 5) is 13.8. The van der Waals surface area contributed by atoms with Crippen LogP contribution in [0.4, 0.5) is 0 Å². The van der Waals surface area contributed by atoms with Gasteiger partial charge in [0.05, 0.1) is 5.92 Å². The van der Waals surface area contributed by atoms with Crippen molar-refractivity contribution in [2.45, 2.75) is 38.8 Å². The lowest BCUT2D eigenvalue weighted by atomic mass is 9.90. The van der Waals surface area contributed by atoms with E-state index in [-0.39, 0.29) is 17.9 Å². The maximum atomic E-state index is 11.5. The predicted octanol–water partition coefficient (Wildman–Crippen LogP) is 1.58. The van der Waals surface area contributed by atoms with Gasteiger partial charge in [-0.2, -0.15) is 0 Å². The first-order chi connectivity index (χ1) is 9.52. The van der Waals surface area contributed by atoms with Gasteiger partial charge >= 0.3 is 0 Å². The Morgan fingerprint density at radius 1 is 1.35 bits per heavy atom. The van der Waals surface area contributed by atoms with Crippen LogP contribution in [0.3, 0.4) is 0 Å². The summed E-state index contributed by atoms with van der Waals surface area (Å²) in [7, 11) is 0. The van der Waals surface area contributed by atoms with Crippen molar-refractivity contribution in [3.63, 3.8) is 0 Å². The minimum Gasteiger partial charge on any atom is -0.369 e. The summed E-state index contributed by atoms with van der Waals surface area (Å²) in [5, 5.41) is 0. The normalized spacial score (nSPS) is 25.4. The second-order valence-electron chi connectivity index (χ2n) is 5.88. The zero-order chi connectivity index (χ0) is 14.7. The van der Waals surface area contributed by atoms with Crippen LogP contribution in [0.15, 0.2) is 24.3 Å². The Labute approximate surface area is 121 Å². The van der Waals surface area contributed by atoms with Gasteiger partial charge in [-0.25, -0.2) is 0 Å². The number of hydrogen-bond acceptors (Lipinski definition) is 3. The first-order valence-corrected chi connectivity index (χ1v) is 7.34. The number of piperidine rings is 1. The molecule has 4 N–H and O–H groups in total. The summed E-state index contributed by atoms with van der Waals surface area (Å²) >= 11 is 0. The zero-order valence-electron chi connectivity index (χ0n) is 12.4. The molecule has 1 aromatic rings. The van der Waals surface area contributed by atoms with Gasteiger partial charge in [-0.3, -0.25) is 9.69 Å². The molecule has 0 aliphatic carbocycles. The number of hydrogen-bond donors (Lipinski definition) is 2.